The number of hydrogen-bond donors (Lipinski definition) is 2. The van der Waals surface area contributed by atoms with Gasteiger partial charge in [-0.15, -0.1) is 0 Å². The Balaban J connectivity index is 1.43. The molecule has 0 spiro atoms. The van der Waals surface area contributed by atoms with Gasteiger partial charge in [-0.2, -0.15) is 0 Å². The van der Waals surface area contributed by atoms with E-state index in [9.17, 15) is 0 Å². The van der Waals surface area contributed by atoms with E-state index in [4.69, 9.17) is 0 Å². The predicted molar refractivity (Wildman–Crippen MR) is 73.3 cm³/mol. The quantitative estimate of drug-likeness (QED) is 0.684. The molecule has 0 amide bonds. The van der Waals surface area contributed by atoms with Crippen LogP contribution in [0.2, 0.25) is 0 Å². The lowest BCUT2D eigenvalue weighted by Crippen LogP contribution is -2.32. The van der Waals surface area contributed by atoms with Crippen molar-refractivity contribution in [2.45, 2.75) is 32.1 Å². The average molecular weight is 239 g/mol. The topological polar surface area (TPSA) is 27.3 Å². The van der Waals surface area contributed by atoms with Crippen molar-refractivity contribution in [2.24, 2.45) is 11.8 Å². The molecule has 2 aliphatic heterocycles. The summed E-state index contributed by atoms with van der Waals surface area (Å²) in [5.74, 6) is 1.87. The predicted octanol–water partition coefficient (Wildman–Crippen LogP) is 1.31. The number of hydrogen-bond acceptors (Lipinski definition) is 3. The van der Waals surface area contributed by atoms with Gasteiger partial charge in [0, 0.05) is 6.54 Å². The molecule has 2 atom stereocenters. The molecule has 2 saturated heterocycles. The van der Waals surface area contributed by atoms with Gasteiger partial charge in [0.25, 0.3) is 0 Å². The minimum Gasteiger partial charge on any atom is -0.317 e. The van der Waals surface area contributed by atoms with Gasteiger partial charge in [0.05, 0.1) is 0 Å². The third kappa shape index (κ3) is 4.94. The Labute approximate surface area is 106 Å². The van der Waals surface area contributed by atoms with Crippen molar-refractivity contribution in [3.05, 3.63) is 0 Å². The van der Waals surface area contributed by atoms with Crippen molar-refractivity contribution in [1.29, 1.82) is 0 Å². The Morgan fingerprint density at radius 3 is 2.65 bits per heavy atom. The van der Waals surface area contributed by atoms with Crippen molar-refractivity contribution in [1.82, 2.24) is 15.5 Å². The molecule has 3 heteroatoms. The van der Waals surface area contributed by atoms with E-state index in [2.05, 4.69) is 22.6 Å². The van der Waals surface area contributed by atoms with E-state index in [1.54, 1.807) is 0 Å². The molecule has 0 aliphatic carbocycles. The van der Waals surface area contributed by atoms with E-state index in [1.165, 1.54) is 71.4 Å². The maximum atomic E-state index is 3.63. The summed E-state index contributed by atoms with van der Waals surface area (Å²) in [4.78, 5) is 2.46. The van der Waals surface area contributed by atoms with Gasteiger partial charge < -0.3 is 15.5 Å². The monoisotopic (exact) mass is 239 g/mol. The molecule has 0 radical (unpaired) electrons. The zero-order valence-electron chi connectivity index (χ0n) is 11.4. The lowest BCUT2D eigenvalue weighted by molar-refractivity contribution is 0.347. The average Bonchev–Trinajstić information content (AvgIpc) is 2.76. The molecule has 0 aromatic carbocycles. The van der Waals surface area contributed by atoms with E-state index < -0.39 is 0 Å². The number of piperidine rings is 1. The molecule has 2 unspecified atom stereocenters. The molecule has 17 heavy (non-hydrogen) atoms. The SMILES string of the molecule is CN1CCC(CCNCCC2CCCNC2)C1. The molecule has 0 bridgehead atoms. The molecule has 0 saturated carbocycles. The van der Waals surface area contributed by atoms with Gasteiger partial charge in [0.1, 0.15) is 0 Å². The van der Waals surface area contributed by atoms with Crippen LogP contribution >= 0.6 is 0 Å². The smallest absolute Gasteiger partial charge is 0.000756 e. The van der Waals surface area contributed by atoms with Crippen molar-refractivity contribution in [3.8, 4) is 0 Å². The summed E-state index contributed by atoms with van der Waals surface area (Å²) >= 11 is 0. The molecule has 100 valence electrons. The summed E-state index contributed by atoms with van der Waals surface area (Å²) < 4.78 is 0. The Morgan fingerprint density at radius 2 is 2.00 bits per heavy atom. The number of rotatable bonds is 6. The second-order valence-electron chi connectivity index (χ2n) is 5.96. The van der Waals surface area contributed by atoms with Crippen LogP contribution < -0.4 is 10.6 Å². The van der Waals surface area contributed by atoms with Crippen molar-refractivity contribution in [3.63, 3.8) is 0 Å². The standard InChI is InChI=1S/C14H29N3/c1-17-10-6-14(12-17)5-9-15-8-4-13-3-2-7-16-11-13/h13-16H,2-12H2,1H3. The van der Waals surface area contributed by atoms with Crippen LogP contribution in [-0.2, 0) is 0 Å². The third-order valence-electron chi connectivity index (χ3n) is 4.35. The summed E-state index contributed by atoms with van der Waals surface area (Å²) in [6.45, 7) is 7.54. The Morgan fingerprint density at radius 1 is 1.18 bits per heavy atom. The molecule has 2 aliphatic rings. The van der Waals surface area contributed by atoms with Gasteiger partial charge in [-0.25, -0.2) is 0 Å². The fraction of sp³-hybridized carbons (Fsp3) is 1.00. The van der Waals surface area contributed by atoms with Gasteiger partial charge in [-0.1, -0.05) is 0 Å². The highest BCUT2D eigenvalue weighted by molar-refractivity contribution is 4.74. The Hall–Kier alpha value is -0.120. The fourth-order valence-electron chi connectivity index (χ4n) is 3.17. The second kappa shape index (κ2) is 7.34. The molecule has 2 rings (SSSR count). The van der Waals surface area contributed by atoms with E-state index in [-0.39, 0.29) is 0 Å². The first-order chi connectivity index (χ1) is 8.34. The summed E-state index contributed by atoms with van der Waals surface area (Å²) in [6.07, 6.45) is 6.94. The summed E-state index contributed by atoms with van der Waals surface area (Å²) in [6, 6.07) is 0. The van der Waals surface area contributed by atoms with Crippen LogP contribution in [0, 0.1) is 11.8 Å². The van der Waals surface area contributed by atoms with Crippen LogP contribution in [-0.4, -0.2) is 51.2 Å². The molecular weight excluding hydrogens is 210 g/mol. The van der Waals surface area contributed by atoms with Crippen molar-refractivity contribution < 1.29 is 0 Å². The Kier molecular flexibility index (Phi) is 5.75. The molecule has 2 heterocycles. The molecule has 2 N–H and O–H groups in total. The van der Waals surface area contributed by atoms with Crippen LogP contribution in [0.3, 0.4) is 0 Å². The highest BCUT2D eigenvalue weighted by atomic mass is 15.1. The lowest BCUT2D eigenvalue weighted by Gasteiger charge is -2.22. The zero-order valence-corrected chi connectivity index (χ0v) is 11.4. The second-order valence-corrected chi connectivity index (χ2v) is 5.96. The van der Waals surface area contributed by atoms with Crippen LogP contribution in [0.15, 0.2) is 0 Å². The first-order valence-electron chi connectivity index (χ1n) is 7.44. The number of nitrogens with zero attached hydrogens (tertiary/aromatic N) is 1. The third-order valence-corrected chi connectivity index (χ3v) is 4.35. The Bertz CT molecular complexity index is 195. The summed E-state index contributed by atoms with van der Waals surface area (Å²) in [7, 11) is 2.24. The van der Waals surface area contributed by atoms with Crippen LogP contribution in [0.1, 0.15) is 32.1 Å². The first-order valence-corrected chi connectivity index (χ1v) is 7.44. The summed E-state index contributed by atoms with van der Waals surface area (Å²) in [5, 5.41) is 7.12. The maximum Gasteiger partial charge on any atom is 0.000756 e. The normalized spacial score (nSPS) is 30.9. The fourth-order valence-corrected chi connectivity index (χ4v) is 3.17. The lowest BCUT2D eigenvalue weighted by atomic mass is 9.96. The van der Waals surface area contributed by atoms with Crippen LogP contribution in [0.25, 0.3) is 0 Å². The molecule has 0 aromatic rings. The van der Waals surface area contributed by atoms with Gasteiger partial charge in [-0.05, 0) is 83.7 Å². The maximum absolute atomic E-state index is 3.63. The highest BCUT2D eigenvalue weighted by Crippen LogP contribution is 2.17. The van der Waals surface area contributed by atoms with Gasteiger partial charge in [-0.3, -0.25) is 0 Å². The van der Waals surface area contributed by atoms with Crippen molar-refractivity contribution in [2.75, 3.05) is 46.3 Å². The van der Waals surface area contributed by atoms with Crippen molar-refractivity contribution >= 4 is 0 Å². The molecule has 2 fully saturated rings. The summed E-state index contributed by atoms with van der Waals surface area (Å²) in [5.41, 5.74) is 0. The van der Waals surface area contributed by atoms with Gasteiger partial charge in [0.15, 0.2) is 0 Å². The van der Waals surface area contributed by atoms with Gasteiger partial charge >= 0.3 is 0 Å². The number of likely N-dealkylation sites (tertiary alicyclic amines) is 1. The molecule has 3 nitrogen and oxygen atoms in total. The molecular formula is C14H29N3. The van der Waals surface area contributed by atoms with Crippen LogP contribution in [0.4, 0.5) is 0 Å². The van der Waals surface area contributed by atoms with E-state index in [0.717, 1.165) is 11.8 Å². The number of nitrogens with one attached hydrogen (secondary N) is 2. The van der Waals surface area contributed by atoms with Gasteiger partial charge in [0.2, 0.25) is 0 Å². The highest BCUT2D eigenvalue weighted by Gasteiger charge is 2.18. The van der Waals surface area contributed by atoms with E-state index in [1.807, 2.05) is 0 Å². The molecule has 0 aromatic heterocycles. The van der Waals surface area contributed by atoms with E-state index in [0.29, 0.717) is 0 Å². The minimum atomic E-state index is 0.925. The van der Waals surface area contributed by atoms with Crippen LogP contribution in [0.5, 0.6) is 0 Å². The zero-order chi connectivity index (χ0) is 11.9. The largest absolute Gasteiger partial charge is 0.317 e. The first kappa shape index (κ1) is 13.3. The minimum absolute atomic E-state index is 0.925. The van der Waals surface area contributed by atoms with E-state index >= 15 is 0 Å².